The largest absolute Gasteiger partial charge is 0.769 e. The van der Waals surface area contributed by atoms with Crippen LogP contribution in [-0.4, -0.2) is 10.6 Å². The maximum atomic E-state index is 10.2. The molecule has 6 heavy (non-hydrogen) atoms. The second-order valence-corrected chi connectivity index (χ2v) is 6.64. The van der Waals surface area contributed by atoms with E-state index in [1.165, 1.54) is 0 Å². The molecule has 1 atom stereocenters. The molecular weight excluding hydrogens is 118 g/mol. The number of hydrogen-bond acceptors (Lipinski definition) is 1. The molecule has 0 amide bonds. The summed E-state index contributed by atoms with van der Waals surface area (Å²) >= 11 is 0. The van der Waals surface area contributed by atoms with Crippen molar-refractivity contribution in [1.29, 1.82) is 0 Å². The molecule has 0 saturated heterocycles. The lowest BCUT2D eigenvalue weighted by Crippen LogP contribution is -1.96. The fraction of sp³-hybridized carbons (Fsp3) is 1.00. The third kappa shape index (κ3) is 0.660. The highest BCUT2D eigenvalue weighted by Gasteiger charge is 2.52. The molecule has 0 aromatic rings. The van der Waals surface area contributed by atoms with Crippen LogP contribution in [0.2, 0.25) is 6.82 Å². The van der Waals surface area contributed by atoms with Gasteiger partial charge in [-0.2, -0.15) is 0 Å². The summed E-state index contributed by atoms with van der Waals surface area (Å²) in [7, 11) is 1.16. The molecule has 0 fully saturated rings. The van der Waals surface area contributed by atoms with Crippen LogP contribution in [0.1, 0.15) is 0 Å². The lowest BCUT2D eigenvalue weighted by Gasteiger charge is -1.89. The number of rotatable bonds is 0. The van der Waals surface area contributed by atoms with Crippen molar-refractivity contribution in [3.05, 3.63) is 0 Å². The maximum Gasteiger partial charge on any atom is 0.580 e. The monoisotopic (exact) mass is 122 g/mol. The van der Waals surface area contributed by atoms with Crippen molar-refractivity contribution in [3.63, 3.8) is 0 Å². The quantitative estimate of drug-likeness (QED) is 0.262. The van der Waals surface area contributed by atoms with E-state index in [1.807, 2.05) is 0 Å². The molecule has 0 aromatic carbocycles. The summed E-state index contributed by atoms with van der Waals surface area (Å²) in [5.74, 6) is 0. The van der Waals surface area contributed by atoms with E-state index in [0.717, 1.165) is 10.8 Å². The summed E-state index contributed by atoms with van der Waals surface area (Å²) in [6.07, 6.45) is -2.56. The normalized spacial score (nSPS) is 42.2. The van der Waals surface area contributed by atoms with E-state index >= 15 is 0 Å². The summed E-state index contributed by atoms with van der Waals surface area (Å²) in [4.78, 5) is 18.6. The highest BCUT2D eigenvalue weighted by molar-refractivity contribution is 8.70. The Morgan fingerprint density at radius 2 is 2.17 bits per heavy atom. The Hall–Kier alpha value is 0.635. The predicted octanol–water partition coefficient (Wildman–Crippen LogP) is -0.684. The van der Waals surface area contributed by atoms with E-state index in [2.05, 4.69) is 0 Å². The molecule has 0 bridgehead atoms. The molecule has 0 aromatic heterocycles. The van der Waals surface area contributed by atoms with Crippen LogP contribution >= 0.6 is 6.37 Å². The molecule has 2 nitrogen and oxygen atoms in total. The lowest BCUT2D eigenvalue weighted by atomic mass is 10.2. The van der Waals surface area contributed by atoms with Crippen LogP contribution < -0.4 is 4.89 Å². The van der Waals surface area contributed by atoms with Crippen LogP contribution in [-0.2, 0) is 10.8 Å². The van der Waals surface area contributed by atoms with E-state index in [1.54, 1.807) is 6.82 Å². The van der Waals surface area contributed by atoms with Crippen molar-refractivity contribution in [2.75, 3.05) is 0 Å². The lowest BCUT2D eigenvalue weighted by molar-refractivity contribution is -0.170. The Bertz CT molecular complexity index is 117. The van der Waals surface area contributed by atoms with Crippen LogP contribution in [0, 0.1) is 0 Å². The SMILES string of the molecule is CB1[S+]=P1([O-])O. The third-order valence-corrected chi connectivity index (χ3v) is 5.13. The molecule has 0 aliphatic carbocycles. The minimum absolute atomic E-state index is 0.0255. The fourth-order valence-corrected chi connectivity index (χ4v) is 2.45. The van der Waals surface area contributed by atoms with Crippen molar-refractivity contribution in [3.8, 4) is 0 Å². The zero-order valence-electron chi connectivity index (χ0n) is 3.29. The van der Waals surface area contributed by atoms with Crippen LogP contribution in [0.3, 0.4) is 0 Å². The van der Waals surface area contributed by atoms with Gasteiger partial charge in [-0.25, -0.2) is 0 Å². The van der Waals surface area contributed by atoms with Gasteiger partial charge in [-0.15, -0.1) is 0 Å². The Balaban J connectivity index is 2.60. The summed E-state index contributed by atoms with van der Waals surface area (Å²) in [5.41, 5.74) is 0.0255. The van der Waals surface area contributed by atoms with Gasteiger partial charge in [0.2, 0.25) is 0 Å². The first-order valence-electron chi connectivity index (χ1n) is 1.64. The predicted molar refractivity (Wildman–Crippen MR) is 28.1 cm³/mol. The third-order valence-electron chi connectivity index (χ3n) is 0.717. The number of hydrogen-bond donors (Lipinski definition) is 1. The van der Waals surface area contributed by atoms with Crippen LogP contribution in [0.4, 0.5) is 0 Å². The van der Waals surface area contributed by atoms with Gasteiger partial charge >= 0.3 is 5.71 Å². The Labute approximate surface area is 40.3 Å². The highest BCUT2D eigenvalue weighted by atomic mass is 32.5. The van der Waals surface area contributed by atoms with E-state index in [9.17, 15) is 4.89 Å². The van der Waals surface area contributed by atoms with Gasteiger partial charge in [0.05, 0.1) is 10.8 Å². The molecule has 0 saturated carbocycles. The van der Waals surface area contributed by atoms with Gasteiger partial charge in [0.25, 0.3) is 0 Å². The molecule has 1 unspecified atom stereocenters. The standard InChI is InChI=1S/CH4BO2PS/c1-2-5(3,4)6-2/h1H3,(H-,3,4). The van der Waals surface area contributed by atoms with Crippen LogP contribution in [0.15, 0.2) is 0 Å². The second-order valence-electron chi connectivity index (χ2n) is 1.27. The molecule has 0 spiro atoms. The first-order chi connectivity index (χ1) is 2.63. The molecule has 1 N–H and O–H groups in total. The minimum atomic E-state index is -2.56. The smallest absolute Gasteiger partial charge is 0.580 e. The van der Waals surface area contributed by atoms with E-state index in [-0.39, 0.29) is 5.71 Å². The molecule has 1 rings (SSSR count). The average Bonchev–Trinajstić information content (AvgIpc) is 1.73. The Kier molecular flexibility index (Phi) is 0.854. The van der Waals surface area contributed by atoms with Crippen molar-refractivity contribution in [1.82, 2.24) is 0 Å². The highest BCUT2D eigenvalue weighted by Crippen LogP contribution is 2.50. The molecule has 1 aliphatic heterocycles. The van der Waals surface area contributed by atoms with E-state index in [0.29, 0.717) is 0 Å². The van der Waals surface area contributed by atoms with Gasteiger partial charge < -0.3 is 9.79 Å². The summed E-state index contributed by atoms with van der Waals surface area (Å²) in [6.45, 7) is 1.76. The van der Waals surface area contributed by atoms with Crippen molar-refractivity contribution in [2.45, 2.75) is 6.82 Å². The van der Waals surface area contributed by atoms with Crippen molar-refractivity contribution < 1.29 is 9.79 Å². The molecule has 1 aliphatic rings. The Morgan fingerprint density at radius 1 is 2.00 bits per heavy atom. The first kappa shape index (κ1) is 4.79. The van der Waals surface area contributed by atoms with Crippen LogP contribution in [0.5, 0.6) is 0 Å². The molecular formula is CH4BO2PS. The fourth-order valence-electron chi connectivity index (χ4n) is 0.191. The van der Waals surface area contributed by atoms with Gasteiger partial charge in [-0.05, 0) is 6.82 Å². The van der Waals surface area contributed by atoms with E-state index < -0.39 is 6.37 Å². The second kappa shape index (κ2) is 1.07. The zero-order valence-corrected chi connectivity index (χ0v) is 5.00. The van der Waals surface area contributed by atoms with Gasteiger partial charge in [0.1, 0.15) is 0 Å². The summed E-state index contributed by atoms with van der Waals surface area (Å²) in [5, 5.41) is 0. The maximum absolute atomic E-state index is 10.2. The van der Waals surface area contributed by atoms with Gasteiger partial charge in [0, 0.05) is 0 Å². The molecule has 5 heteroatoms. The zero-order chi connectivity index (χ0) is 4.78. The molecule has 1 heterocycles. The first-order valence-corrected chi connectivity index (χ1v) is 4.85. The molecule has 34 valence electrons. The average molecular weight is 122 g/mol. The topological polar surface area (TPSA) is 43.3 Å². The van der Waals surface area contributed by atoms with Crippen molar-refractivity contribution in [2.24, 2.45) is 0 Å². The van der Waals surface area contributed by atoms with Crippen molar-refractivity contribution >= 4 is 22.9 Å². The van der Waals surface area contributed by atoms with Gasteiger partial charge in [-0.1, -0.05) is 0 Å². The minimum Gasteiger partial charge on any atom is -0.769 e. The van der Waals surface area contributed by atoms with Gasteiger partial charge in [0.15, 0.2) is 6.37 Å². The van der Waals surface area contributed by atoms with Gasteiger partial charge in [-0.3, -0.25) is 0 Å². The molecule has 0 radical (unpaired) electrons. The Morgan fingerprint density at radius 3 is 2.17 bits per heavy atom. The van der Waals surface area contributed by atoms with Crippen LogP contribution in [0.25, 0.3) is 0 Å². The van der Waals surface area contributed by atoms with E-state index in [4.69, 9.17) is 4.89 Å². The summed E-state index contributed by atoms with van der Waals surface area (Å²) < 4.78 is 0. The summed E-state index contributed by atoms with van der Waals surface area (Å²) in [6, 6.07) is 0.